The highest BCUT2D eigenvalue weighted by Crippen LogP contribution is 2.09. The van der Waals surface area contributed by atoms with E-state index in [0.29, 0.717) is 18.6 Å². The summed E-state index contributed by atoms with van der Waals surface area (Å²) >= 11 is 0. The van der Waals surface area contributed by atoms with Gasteiger partial charge < -0.3 is 9.47 Å². The Morgan fingerprint density at radius 2 is 1.43 bits per heavy atom. The van der Waals surface area contributed by atoms with Gasteiger partial charge >= 0.3 is 11.9 Å². The standard InChI is InChI=1S/C11H14O2.C6H12O2/c1-2-3-9-11(12)13-10-7-5-4-6-8-10;1-3-4-5-6(7)8-2/h4-8H,2-3,9H2,1H3;3-5H2,1-2H3. The van der Waals surface area contributed by atoms with Crippen LogP contribution in [0.1, 0.15) is 52.4 Å². The van der Waals surface area contributed by atoms with Gasteiger partial charge in [-0.3, -0.25) is 9.59 Å². The Hall–Kier alpha value is -1.84. The van der Waals surface area contributed by atoms with Gasteiger partial charge in [0.05, 0.1) is 7.11 Å². The molecule has 4 heteroatoms. The lowest BCUT2D eigenvalue weighted by Crippen LogP contribution is -2.06. The zero-order chi connectivity index (χ0) is 15.9. The number of esters is 2. The number of benzene rings is 1. The predicted molar refractivity (Wildman–Crippen MR) is 83.1 cm³/mol. The van der Waals surface area contributed by atoms with E-state index >= 15 is 0 Å². The van der Waals surface area contributed by atoms with Crippen molar-refractivity contribution in [3.63, 3.8) is 0 Å². The summed E-state index contributed by atoms with van der Waals surface area (Å²) in [4.78, 5) is 21.5. The Balaban J connectivity index is 0.000000433. The molecule has 0 heterocycles. The molecule has 0 aromatic heterocycles. The Morgan fingerprint density at radius 1 is 0.905 bits per heavy atom. The molecule has 0 atom stereocenters. The largest absolute Gasteiger partial charge is 0.469 e. The van der Waals surface area contributed by atoms with Crippen molar-refractivity contribution in [2.75, 3.05) is 7.11 Å². The number of methoxy groups -OCH3 is 1. The van der Waals surface area contributed by atoms with Crippen LogP contribution in [0.2, 0.25) is 0 Å². The summed E-state index contributed by atoms with van der Waals surface area (Å²) in [5.41, 5.74) is 0. The fraction of sp³-hybridized carbons (Fsp3) is 0.529. The second-order valence-corrected chi connectivity index (χ2v) is 4.57. The van der Waals surface area contributed by atoms with Gasteiger partial charge in [-0.1, -0.05) is 44.9 Å². The van der Waals surface area contributed by atoms with E-state index in [2.05, 4.69) is 11.7 Å². The van der Waals surface area contributed by atoms with Crippen molar-refractivity contribution in [1.29, 1.82) is 0 Å². The number of para-hydroxylation sites is 1. The normalized spacial score (nSPS) is 9.29. The van der Waals surface area contributed by atoms with Crippen LogP contribution in [0.15, 0.2) is 30.3 Å². The van der Waals surface area contributed by atoms with Gasteiger partial charge in [-0.05, 0) is 25.0 Å². The van der Waals surface area contributed by atoms with Gasteiger partial charge in [-0.25, -0.2) is 0 Å². The van der Waals surface area contributed by atoms with Crippen molar-refractivity contribution < 1.29 is 19.1 Å². The van der Waals surface area contributed by atoms with Crippen LogP contribution < -0.4 is 4.74 Å². The Morgan fingerprint density at radius 3 is 1.90 bits per heavy atom. The maximum absolute atomic E-state index is 11.1. The van der Waals surface area contributed by atoms with Gasteiger partial charge in [0.25, 0.3) is 0 Å². The van der Waals surface area contributed by atoms with Crippen LogP contribution in [0.5, 0.6) is 5.75 Å². The van der Waals surface area contributed by atoms with Crippen molar-refractivity contribution in [1.82, 2.24) is 0 Å². The van der Waals surface area contributed by atoms with Crippen molar-refractivity contribution in [3.05, 3.63) is 30.3 Å². The molecule has 0 aliphatic rings. The van der Waals surface area contributed by atoms with E-state index in [1.807, 2.05) is 25.1 Å². The van der Waals surface area contributed by atoms with Crippen LogP contribution in [-0.2, 0) is 14.3 Å². The molecule has 0 aliphatic carbocycles. The third kappa shape index (κ3) is 11.7. The van der Waals surface area contributed by atoms with E-state index in [-0.39, 0.29) is 11.9 Å². The first-order chi connectivity index (χ1) is 10.1. The van der Waals surface area contributed by atoms with Crippen molar-refractivity contribution in [2.45, 2.75) is 52.4 Å². The summed E-state index contributed by atoms with van der Waals surface area (Å²) in [7, 11) is 1.41. The summed E-state index contributed by atoms with van der Waals surface area (Å²) in [5.74, 6) is 0.378. The van der Waals surface area contributed by atoms with Gasteiger partial charge in [-0.2, -0.15) is 0 Å². The molecule has 0 saturated heterocycles. The van der Waals surface area contributed by atoms with E-state index in [1.54, 1.807) is 12.1 Å². The maximum atomic E-state index is 11.1. The van der Waals surface area contributed by atoms with Crippen molar-refractivity contribution in [2.24, 2.45) is 0 Å². The van der Waals surface area contributed by atoms with E-state index in [4.69, 9.17) is 4.74 Å². The molecule has 0 spiro atoms. The highest BCUT2D eigenvalue weighted by Gasteiger charge is 2.02. The summed E-state index contributed by atoms with van der Waals surface area (Å²) in [6, 6.07) is 9.15. The van der Waals surface area contributed by atoms with E-state index in [9.17, 15) is 9.59 Å². The average molecular weight is 294 g/mol. The minimum atomic E-state index is -0.145. The molecule has 0 bridgehead atoms. The number of rotatable bonds is 7. The molecule has 0 fully saturated rings. The first-order valence-corrected chi connectivity index (χ1v) is 7.46. The van der Waals surface area contributed by atoms with E-state index in [0.717, 1.165) is 25.7 Å². The smallest absolute Gasteiger partial charge is 0.311 e. The number of ether oxygens (including phenoxy) is 2. The fourth-order valence-corrected chi connectivity index (χ4v) is 1.42. The minimum absolute atomic E-state index is 0.105. The molecule has 118 valence electrons. The zero-order valence-electron chi connectivity index (χ0n) is 13.3. The minimum Gasteiger partial charge on any atom is -0.469 e. The van der Waals surface area contributed by atoms with Gasteiger partial charge in [0.15, 0.2) is 0 Å². The molecule has 0 aliphatic heterocycles. The van der Waals surface area contributed by atoms with Crippen molar-refractivity contribution in [3.8, 4) is 5.75 Å². The van der Waals surface area contributed by atoms with Gasteiger partial charge in [0, 0.05) is 12.8 Å². The lowest BCUT2D eigenvalue weighted by Gasteiger charge is -2.02. The highest BCUT2D eigenvalue weighted by atomic mass is 16.5. The molecule has 21 heavy (non-hydrogen) atoms. The molecular formula is C17H26O4. The van der Waals surface area contributed by atoms with Crippen LogP contribution in [-0.4, -0.2) is 19.0 Å². The first kappa shape index (κ1) is 19.2. The van der Waals surface area contributed by atoms with Gasteiger partial charge in [0.1, 0.15) is 5.75 Å². The van der Waals surface area contributed by atoms with Crippen LogP contribution in [0.4, 0.5) is 0 Å². The van der Waals surface area contributed by atoms with Crippen LogP contribution in [0.3, 0.4) is 0 Å². The molecule has 1 rings (SSSR count). The maximum Gasteiger partial charge on any atom is 0.311 e. The predicted octanol–water partition coefficient (Wildman–Crippen LogP) is 4.13. The molecule has 4 nitrogen and oxygen atoms in total. The first-order valence-electron chi connectivity index (χ1n) is 7.46. The van der Waals surface area contributed by atoms with Crippen LogP contribution >= 0.6 is 0 Å². The average Bonchev–Trinajstić information content (AvgIpc) is 2.52. The number of hydrogen-bond donors (Lipinski definition) is 0. The molecule has 0 amide bonds. The Kier molecular flexibility index (Phi) is 12.0. The number of carbonyl (C=O) groups excluding carboxylic acids is 2. The third-order valence-electron chi connectivity index (χ3n) is 2.67. The quantitative estimate of drug-likeness (QED) is 0.560. The lowest BCUT2D eigenvalue weighted by atomic mass is 10.2. The van der Waals surface area contributed by atoms with Crippen LogP contribution in [0, 0.1) is 0 Å². The summed E-state index contributed by atoms with van der Waals surface area (Å²) in [6.45, 7) is 4.10. The molecule has 0 N–H and O–H groups in total. The number of carbonyl (C=O) groups is 2. The fourth-order valence-electron chi connectivity index (χ4n) is 1.42. The summed E-state index contributed by atoms with van der Waals surface area (Å²) in [5, 5.41) is 0. The Bertz CT molecular complexity index is 387. The molecule has 0 radical (unpaired) electrons. The zero-order valence-corrected chi connectivity index (χ0v) is 13.3. The lowest BCUT2D eigenvalue weighted by molar-refractivity contribution is -0.140. The second-order valence-electron chi connectivity index (χ2n) is 4.57. The molecule has 0 unspecified atom stereocenters. The van der Waals surface area contributed by atoms with Gasteiger partial charge in [-0.15, -0.1) is 0 Å². The van der Waals surface area contributed by atoms with Crippen LogP contribution in [0.25, 0.3) is 0 Å². The third-order valence-corrected chi connectivity index (χ3v) is 2.67. The topological polar surface area (TPSA) is 52.6 Å². The molecular weight excluding hydrogens is 268 g/mol. The molecule has 1 aromatic rings. The number of hydrogen-bond acceptors (Lipinski definition) is 4. The highest BCUT2D eigenvalue weighted by molar-refractivity contribution is 5.72. The molecule has 0 saturated carbocycles. The monoisotopic (exact) mass is 294 g/mol. The van der Waals surface area contributed by atoms with E-state index < -0.39 is 0 Å². The molecule has 1 aromatic carbocycles. The second kappa shape index (κ2) is 13.2. The SMILES string of the molecule is CCCCC(=O)OC.CCCCC(=O)Oc1ccccc1. The summed E-state index contributed by atoms with van der Waals surface area (Å²) < 4.78 is 9.49. The van der Waals surface area contributed by atoms with Crippen molar-refractivity contribution >= 4 is 11.9 Å². The summed E-state index contributed by atoms with van der Waals surface area (Å²) in [6.07, 6.45) is 4.97. The number of unbranched alkanes of at least 4 members (excludes halogenated alkanes) is 2. The Labute approximate surface area is 127 Å². The van der Waals surface area contributed by atoms with Gasteiger partial charge in [0.2, 0.25) is 0 Å². The van der Waals surface area contributed by atoms with E-state index in [1.165, 1.54) is 7.11 Å².